The summed E-state index contributed by atoms with van der Waals surface area (Å²) in [6, 6.07) is 8.15. The van der Waals surface area contributed by atoms with E-state index in [1.54, 1.807) is 0 Å². The van der Waals surface area contributed by atoms with Crippen molar-refractivity contribution >= 4 is 6.03 Å². The fourth-order valence-electron chi connectivity index (χ4n) is 2.25. The van der Waals surface area contributed by atoms with Gasteiger partial charge < -0.3 is 21.7 Å². The molecule has 1 heterocycles. The molecule has 1 saturated heterocycles. The first kappa shape index (κ1) is 13.8. The lowest BCUT2D eigenvalue weighted by molar-refractivity contribution is 0.233. The summed E-state index contributed by atoms with van der Waals surface area (Å²) in [6.07, 6.45) is 1.99. The number of hydrogen-bond donors (Lipinski definition) is 4. The van der Waals surface area contributed by atoms with E-state index in [4.69, 9.17) is 5.73 Å². The summed E-state index contributed by atoms with van der Waals surface area (Å²) >= 11 is 0. The van der Waals surface area contributed by atoms with Crippen LogP contribution in [0.4, 0.5) is 4.79 Å². The molecule has 5 N–H and O–H groups in total. The first-order valence-electron chi connectivity index (χ1n) is 6.81. The van der Waals surface area contributed by atoms with Gasteiger partial charge in [-0.1, -0.05) is 24.3 Å². The highest BCUT2D eigenvalue weighted by atomic mass is 16.2. The molecule has 19 heavy (non-hydrogen) atoms. The van der Waals surface area contributed by atoms with Crippen molar-refractivity contribution in [3.8, 4) is 0 Å². The van der Waals surface area contributed by atoms with Crippen LogP contribution in [0.25, 0.3) is 0 Å². The summed E-state index contributed by atoms with van der Waals surface area (Å²) in [7, 11) is 0. The molecule has 104 valence electrons. The topological polar surface area (TPSA) is 79.2 Å². The SMILES string of the molecule is NCc1cccc(CNC(=O)NC2CCNCC2)c1. The Kier molecular flexibility index (Phi) is 5.18. The number of nitrogens with one attached hydrogen (secondary N) is 3. The minimum absolute atomic E-state index is 0.0925. The van der Waals surface area contributed by atoms with Crippen molar-refractivity contribution in [2.45, 2.75) is 32.0 Å². The molecule has 1 aliphatic heterocycles. The van der Waals surface area contributed by atoms with Gasteiger partial charge in [0.15, 0.2) is 0 Å². The molecular formula is C14H22N4O. The van der Waals surface area contributed by atoms with Gasteiger partial charge in [-0.2, -0.15) is 0 Å². The van der Waals surface area contributed by atoms with Gasteiger partial charge in [-0.05, 0) is 37.1 Å². The number of nitrogens with two attached hydrogens (primary N) is 1. The van der Waals surface area contributed by atoms with Crippen LogP contribution in [0.2, 0.25) is 0 Å². The van der Waals surface area contributed by atoms with Gasteiger partial charge in [0.25, 0.3) is 0 Å². The third kappa shape index (κ3) is 4.54. The second-order valence-corrected chi connectivity index (χ2v) is 4.88. The molecule has 1 aliphatic rings. The van der Waals surface area contributed by atoms with E-state index in [1.165, 1.54) is 0 Å². The molecule has 2 rings (SSSR count). The van der Waals surface area contributed by atoms with Crippen molar-refractivity contribution in [1.29, 1.82) is 0 Å². The van der Waals surface area contributed by atoms with Crippen molar-refractivity contribution in [1.82, 2.24) is 16.0 Å². The fourth-order valence-corrected chi connectivity index (χ4v) is 2.25. The molecule has 0 saturated carbocycles. The van der Waals surface area contributed by atoms with Gasteiger partial charge >= 0.3 is 6.03 Å². The minimum atomic E-state index is -0.0925. The van der Waals surface area contributed by atoms with E-state index in [2.05, 4.69) is 16.0 Å². The van der Waals surface area contributed by atoms with Gasteiger partial charge in [0.2, 0.25) is 0 Å². The first-order chi connectivity index (χ1) is 9.28. The van der Waals surface area contributed by atoms with E-state index in [0.717, 1.165) is 37.1 Å². The highest BCUT2D eigenvalue weighted by Gasteiger charge is 2.14. The highest BCUT2D eigenvalue weighted by molar-refractivity contribution is 5.74. The summed E-state index contributed by atoms with van der Waals surface area (Å²) in [5, 5.41) is 9.16. The Hall–Kier alpha value is -1.59. The van der Waals surface area contributed by atoms with Crippen LogP contribution in [0.15, 0.2) is 24.3 Å². The number of hydrogen-bond acceptors (Lipinski definition) is 3. The van der Waals surface area contributed by atoms with Gasteiger partial charge in [-0.3, -0.25) is 0 Å². The van der Waals surface area contributed by atoms with E-state index in [1.807, 2.05) is 24.3 Å². The molecule has 0 atom stereocenters. The zero-order valence-corrected chi connectivity index (χ0v) is 11.1. The van der Waals surface area contributed by atoms with E-state index >= 15 is 0 Å². The second-order valence-electron chi connectivity index (χ2n) is 4.88. The van der Waals surface area contributed by atoms with Crippen LogP contribution in [0.5, 0.6) is 0 Å². The van der Waals surface area contributed by atoms with E-state index in [0.29, 0.717) is 13.1 Å². The lowest BCUT2D eigenvalue weighted by Gasteiger charge is -2.23. The number of piperidine rings is 1. The maximum atomic E-state index is 11.8. The molecule has 0 aliphatic carbocycles. The molecule has 0 bridgehead atoms. The van der Waals surface area contributed by atoms with Crippen molar-refractivity contribution in [3.05, 3.63) is 35.4 Å². The second kappa shape index (κ2) is 7.11. The summed E-state index contributed by atoms with van der Waals surface area (Å²) in [6.45, 7) is 3.01. The lowest BCUT2D eigenvalue weighted by Crippen LogP contribution is -2.46. The Morgan fingerprint density at radius 1 is 1.32 bits per heavy atom. The third-order valence-corrected chi connectivity index (χ3v) is 3.35. The molecule has 1 aromatic carbocycles. The van der Waals surface area contributed by atoms with Crippen LogP contribution in [0.1, 0.15) is 24.0 Å². The number of carbonyl (C=O) groups excluding carboxylic acids is 1. The zero-order chi connectivity index (χ0) is 13.5. The van der Waals surface area contributed by atoms with E-state index in [-0.39, 0.29) is 12.1 Å². The quantitative estimate of drug-likeness (QED) is 0.645. The van der Waals surface area contributed by atoms with Crippen LogP contribution in [0.3, 0.4) is 0 Å². The molecule has 0 radical (unpaired) electrons. The van der Waals surface area contributed by atoms with Crippen LogP contribution in [0, 0.1) is 0 Å². The van der Waals surface area contributed by atoms with Crippen LogP contribution in [-0.2, 0) is 13.1 Å². The lowest BCUT2D eigenvalue weighted by atomic mass is 10.1. The Morgan fingerprint density at radius 2 is 2.05 bits per heavy atom. The molecule has 1 fully saturated rings. The predicted octanol–water partition coefficient (Wildman–Crippen LogP) is 0.696. The molecule has 5 nitrogen and oxygen atoms in total. The molecule has 0 unspecified atom stereocenters. The molecule has 0 aromatic heterocycles. The Labute approximate surface area is 113 Å². The molecule has 0 spiro atoms. The maximum absolute atomic E-state index is 11.8. The largest absolute Gasteiger partial charge is 0.335 e. The van der Waals surface area contributed by atoms with Gasteiger partial charge in [0.1, 0.15) is 0 Å². The van der Waals surface area contributed by atoms with Gasteiger partial charge in [0.05, 0.1) is 0 Å². The molecule has 1 aromatic rings. The normalized spacial score (nSPS) is 16.1. The standard InChI is InChI=1S/C14H22N4O/c15-9-11-2-1-3-12(8-11)10-17-14(19)18-13-4-6-16-7-5-13/h1-3,8,13,16H,4-7,9-10,15H2,(H2,17,18,19). The van der Waals surface area contributed by atoms with Crippen molar-refractivity contribution in [2.24, 2.45) is 5.73 Å². The first-order valence-corrected chi connectivity index (χ1v) is 6.81. The van der Waals surface area contributed by atoms with Crippen molar-refractivity contribution in [3.63, 3.8) is 0 Å². The number of urea groups is 1. The average molecular weight is 262 g/mol. The monoisotopic (exact) mass is 262 g/mol. The predicted molar refractivity (Wildman–Crippen MR) is 75.6 cm³/mol. The van der Waals surface area contributed by atoms with Gasteiger partial charge in [-0.25, -0.2) is 4.79 Å². The van der Waals surface area contributed by atoms with Gasteiger partial charge in [0, 0.05) is 19.1 Å². The Morgan fingerprint density at radius 3 is 2.79 bits per heavy atom. The minimum Gasteiger partial charge on any atom is -0.335 e. The van der Waals surface area contributed by atoms with Crippen molar-refractivity contribution < 1.29 is 4.79 Å². The summed E-state index contributed by atoms with van der Waals surface area (Å²) in [4.78, 5) is 11.8. The van der Waals surface area contributed by atoms with Crippen LogP contribution < -0.4 is 21.7 Å². The Balaban J connectivity index is 1.76. The smallest absolute Gasteiger partial charge is 0.315 e. The summed E-state index contributed by atoms with van der Waals surface area (Å²) in [5.74, 6) is 0. The van der Waals surface area contributed by atoms with E-state index < -0.39 is 0 Å². The van der Waals surface area contributed by atoms with Crippen molar-refractivity contribution in [2.75, 3.05) is 13.1 Å². The summed E-state index contributed by atoms with van der Waals surface area (Å²) in [5.41, 5.74) is 7.75. The zero-order valence-electron chi connectivity index (χ0n) is 11.1. The van der Waals surface area contributed by atoms with Crippen LogP contribution in [-0.4, -0.2) is 25.2 Å². The number of amides is 2. The number of carbonyl (C=O) groups is 1. The number of benzene rings is 1. The van der Waals surface area contributed by atoms with Crippen LogP contribution >= 0.6 is 0 Å². The summed E-state index contributed by atoms with van der Waals surface area (Å²) < 4.78 is 0. The molecular weight excluding hydrogens is 240 g/mol. The third-order valence-electron chi connectivity index (χ3n) is 3.35. The molecule has 2 amide bonds. The Bertz CT molecular complexity index is 416. The number of rotatable bonds is 4. The fraction of sp³-hybridized carbons (Fsp3) is 0.500. The highest BCUT2D eigenvalue weighted by Crippen LogP contribution is 2.05. The molecule has 5 heteroatoms. The maximum Gasteiger partial charge on any atom is 0.315 e. The van der Waals surface area contributed by atoms with E-state index in [9.17, 15) is 4.79 Å². The average Bonchev–Trinajstić information content (AvgIpc) is 2.46. The van der Waals surface area contributed by atoms with Gasteiger partial charge in [-0.15, -0.1) is 0 Å².